The monoisotopic (exact) mass is 632 g/mol. The standard InChI is InChI=1S/C28H29FN4O8S2/c1-39-23-5-4-18-11-24(23)40-16-25(34)30-13-17-9-19(29)12-20(10-17)41-22-6-7-33(15-21(22)32-28(18)36)26(35)14-31-43(37,38)27-3-2-8-42-27/h2-5,8-12,21-22,31H,6-7,13-16H2,1H3,(H,30,34)(H,32,36)/t21-,22+/m0/s1. The van der Waals surface area contributed by atoms with Gasteiger partial charge in [0.05, 0.1) is 19.7 Å². The van der Waals surface area contributed by atoms with Crippen molar-refractivity contribution < 1.29 is 41.4 Å². The van der Waals surface area contributed by atoms with Crippen LogP contribution in [0.15, 0.2) is 58.1 Å². The number of nitrogens with one attached hydrogen (secondary N) is 3. The molecule has 0 radical (unpaired) electrons. The lowest BCUT2D eigenvalue weighted by Crippen LogP contribution is -2.59. The van der Waals surface area contributed by atoms with E-state index in [1.165, 1.54) is 48.4 Å². The smallest absolute Gasteiger partial charge is 0.258 e. The molecule has 0 spiro atoms. The third-order valence-electron chi connectivity index (χ3n) is 6.88. The van der Waals surface area contributed by atoms with E-state index in [0.717, 1.165) is 11.3 Å². The van der Waals surface area contributed by atoms with Crippen molar-refractivity contribution in [2.75, 3.05) is 33.4 Å². The maximum absolute atomic E-state index is 14.5. The van der Waals surface area contributed by atoms with Crippen LogP contribution in [0.3, 0.4) is 0 Å². The number of carbonyl (C=O) groups excluding carboxylic acids is 3. The predicted octanol–water partition coefficient (Wildman–Crippen LogP) is 1.66. The molecule has 228 valence electrons. The van der Waals surface area contributed by atoms with Crippen LogP contribution in [0.4, 0.5) is 4.39 Å². The fourth-order valence-electron chi connectivity index (χ4n) is 4.74. The maximum Gasteiger partial charge on any atom is 0.258 e. The highest BCUT2D eigenvalue weighted by Gasteiger charge is 2.35. The fraction of sp³-hybridized carbons (Fsp3) is 0.321. The second-order valence-electron chi connectivity index (χ2n) is 9.85. The van der Waals surface area contributed by atoms with Gasteiger partial charge < -0.3 is 29.7 Å². The number of fused-ring (bicyclic) bond motifs is 5. The molecule has 0 aliphatic carbocycles. The highest BCUT2D eigenvalue weighted by molar-refractivity contribution is 7.91. The minimum absolute atomic E-state index is 0.00765. The summed E-state index contributed by atoms with van der Waals surface area (Å²) in [5.74, 6) is -1.39. The van der Waals surface area contributed by atoms with Crippen LogP contribution in [0.25, 0.3) is 0 Å². The van der Waals surface area contributed by atoms with Gasteiger partial charge in [-0.15, -0.1) is 11.3 Å². The molecule has 0 unspecified atom stereocenters. The van der Waals surface area contributed by atoms with E-state index in [1.807, 2.05) is 0 Å². The third-order valence-corrected chi connectivity index (χ3v) is 9.68. The zero-order valence-corrected chi connectivity index (χ0v) is 24.6. The summed E-state index contributed by atoms with van der Waals surface area (Å²) in [4.78, 5) is 40.3. The number of ether oxygens (including phenoxy) is 3. The second-order valence-corrected chi connectivity index (χ2v) is 12.8. The summed E-state index contributed by atoms with van der Waals surface area (Å²) in [6.07, 6.45) is -0.407. The Morgan fingerprint density at radius 3 is 2.81 bits per heavy atom. The Balaban J connectivity index is 1.39. The molecule has 1 aromatic heterocycles. The van der Waals surface area contributed by atoms with Crippen molar-refractivity contribution >= 4 is 39.1 Å². The summed E-state index contributed by atoms with van der Waals surface area (Å²) in [5, 5.41) is 7.18. The van der Waals surface area contributed by atoms with Crippen molar-refractivity contribution in [3.8, 4) is 17.2 Å². The van der Waals surface area contributed by atoms with Crippen molar-refractivity contribution in [2.45, 2.75) is 29.3 Å². The molecule has 2 aliphatic heterocycles. The number of sulfonamides is 1. The van der Waals surface area contributed by atoms with Crippen LogP contribution in [0.1, 0.15) is 22.3 Å². The number of rotatable bonds is 5. The Morgan fingerprint density at radius 1 is 1.21 bits per heavy atom. The molecule has 2 aromatic carbocycles. The number of benzene rings is 2. The first-order chi connectivity index (χ1) is 20.6. The van der Waals surface area contributed by atoms with E-state index < -0.39 is 52.3 Å². The molecule has 1 saturated heterocycles. The van der Waals surface area contributed by atoms with Crippen molar-refractivity contribution in [2.24, 2.45) is 0 Å². The Morgan fingerprint density at radius 2 is 2.05 bits per heavy atom. The molecule has 43 heavy (non-hydrogen) atoms. The number of piperidine rings is 1. The SMILES string of the molecule is COc1ccc2cc1OCC(=O)NCc1cc(F)cc(c1)O[C@@H]1CCN(C(=O)CNS(=O)(=O)c3cccs3)C[C@@H]1NC2=O. The number of halogens is 1. The molecule has 0 saturated carbocycles. The van der Waals surface area contributed by atoms with Crippen molar-refractivity contribution in [1.82, 2.24) is 20.3 Å². The molecule has 12 nitrogen and oxygen atoms in total. The van der Waals surface area contributed by atoms with Crippen molar-refractivity contribution in [3.05, 3.63) is 70.9 Å². The summed E-state index contributed by atoms with van der Waals surface area (Å²) >= 11 is 1.03. The second kappa shape index (κ2) is 13.0. The van der Waals surface area contributed by atoms with Gasteiger partial charge in [0.15, 0.2) is 18.1 Å². The minimum Gasteiger partial charge on any atom is -0.493 e. The van der Waals surface area contributed by atoms with Crippen LogP contribution < -0.4 is 29.6 Å². The van der Waals surface area contributed by atoms with E-state index in [0.29, 0.717) is 11.3 Å². The average Bonchev–Trinajstić information content (AvgIpc) is 3.54. The number of nitrogens with zero attached hydrogens (tertiary/aromatic N) is 1. The van der Waals surface area contributed by atoms with Gasteiger partial charge in [-0.1, -0.05) is 6.07 Å². The number of hydrogen-bond acceptors (Lipinski definition) is 9. The lowest BCUT2D eigenvalue weighted by Gasteiger charge is -2.39. The highest BCUT2D eigenvalue weighted by atomic mass is 32.2. The van der Waals surface area contributed by atoms with Gasteiger partial charge in [-0.05, 0) is 47.3 Å². The van der Waals surface area contributed by atoms with Gasteiger partial charge >= 0.3 is 0 Å². The van der Waals surface area contributed by atoms with Crippen LogP contribution in [0.5, 0.6) is 17.2 Å². The number of methoxy groups -OCH3 is 1. The molecule has 2 atom stereocenters. The summed E-state index contributed by atoms with van der Waals surface area (Å²) in [6, 6.07) is 10.8. The summed E-state index contributed by atoms with van der Waals surface area (Å²) in [6.45, 7) is -0.617. The van der Waals surface area contributed by atoms with Crippen molar-refractivity contribution in [1.29, 1.82) is 0 Å². The zero-order chi connectivity index (χ0) is 30.6. The number of hydrogen-bond donors (Lipinski definition) is 3. The van der Waals surface area contributed by atoms with Gasteiger partial charge in [-0.2, -0.15) is 0 Å². The zero-order valence-electron chi connectivity index (χ0n) is 23.0. The topological polar surface area (TPSA) is 152 Å². The van der Waals surface area contributed by atoms with Gasteiger partial charge in [0.25, 0.3) is 21.8 Å². The van der Waals surface area contributed by atoms with Crippen LogP contribution in [0, 0.1) is 5.82 Å². The minimum atomic E-state index is -3.85. The lowest BCUT2D eigenvalue weighted by atomic mass is 10.0. The third kappa shape index (κ3) is 7.42. The van der Waals surface area contributed by atoms with E-state index in [1.54, 1.807) is 17.5 Å². The molecule has 5 rings (SSSR count). The van der Waals surface area contributed by atoms with E-state index in [4.69, 9.17) is 14.2 Å². The molecule has 2 aliphatic rings. The van der Waals surface area contributed by atoms with Gasteiger partial charge in [-0.3, -0.25) is 14.4 Å². The molecule has 3 aromatic rings. The highest BCUT2D eigenvalue weighted by Crippen LogP contribution is 2.29. The molecule has 3 heterocycles. The predicted molar refractivity (Wildman–Crippen MR) is 153 cm³/mol. The van der Waals surface area contributed by atoms with Crippen LogP contribution in [0.2, 0.25) is 0 Å². The Labute approximate surface area is 251 Å². The van der Waals surface area contributed by atoms with E-state index in [-0.39, 0.29) is 53.9 Å². The van der Waals surface area contributed by atoms with Gasteiger partial charge in [0.2, 0.25) is 5.91 Å². The lowest BCUT2D eigenvalue weighted by molar-refractivity contribution is -0.132. The van der Waals surface area contributed by atoms with Gasteiger partial charge in [0.1, 0.15) is 21.9 Å². The van der Waals surface area contributed by atoms with Crippen LogP contribution in [-0.4, -0.2) is 76.5 Å². The van der Waals surface area contributed by atoms with E-state index in [9.17, 15) is 27.2 Å². The Bertz CT molecular complexity index is 1620. The first-order valence-electron chi connectivity index (χ1n) is 13.3. The molecule has 4 bridgehead atoms. The van der Waals surface area contributed by atoms with Crippen LogP contribution >= 0.6 is 11.3 Å². The molecular weight excluding hydrogens is 603 g/mol. The average molecular weight is 633 g/mol. The maximum atomic E-state index is 14.5. The first kappa shape index (κ1) is 30.3. The number of amides is 3. The van der Waals surface area contributed by atoms with Crippen molar-refractivity contribution in [3.63, 3.8) is 0 Å². The fourth-order valence-corrected chi connectivity index (χ4v) is 6.75. The Hall–Kier alpha value is -4.21. The van der Waals surface area contributed by atoms with Gasteiger partial charge in [0, 0.05) is 37.7 Å². The molecular formula is C28H29FN4O8S2. The van der Waals surface area contributed by atoms with E-state index >= 15 is 0 Å². The molecule has 3 amide bonds. The Kier molecular flexibility index (Phi) is 9.13. The largest absolute Gasteiger partial charge is 0.493 e. The number of likely N-dealkylation sites (tertiary alicyclic amines) is 1. The molecule has 3 N–H and O–H groups in total. The molecule has 15 heteroatoms. The quantitative estimate of drug-likeness (QED) is 0.384. The number of carbonyl (C=O) groups is 3. The van der Waals surface area contributed by atoms with Crippen LogP contribution in [-0.2, 0) is 26.2 Å². The molecule has 1 fully saturated rings. The summed E-state index contributed by atoms with van der Waals surface area (Å²) in [5.41, 5.74) is 0.642. The summed E-state index contributed by atoms with van der Waals surface area (Å²) in [7, 11) is -2.43. The summed E-state index contributed by atoms with van der Waals surface area (Å²) < 4.78 is 59.0. The number of thiophene rings is 1. The van der Waals surface area contributed by atoms with E-state index in [2.05, 4.69) is 15.4 Å². The van der Waals surface area contributed by atoms with Gasteiger partial charge in [-0.25, -0.2) is 17.5 Å². The first-order valence-corrected chi connectivity index (χ1v) is 15.6. The normalized spacial score (nSPS) is 19.3.